The van der Waals surface area contributed by atoms with Gasteiger partial charge in [0.05, 0.1) is 34.7 Å². The van der Waals surface area contributed by atoms with Crippen LogP contribution >= 0.6 is 11.3 Å². The van der Waals surface area contributed by atoms with E-state index < -0.39 is 6.04 Å². The molecule has 1 atom stereocenters. The minimum absolute atomic E-state index is 0.0402. The van der Waals surface area contributed by atoms with Crippen LogP contribution in [0.15, 0.2) is 41.8 Å². The van der Waals surface area contributed by atoms with Gasteiger partial charge in [-0.15, -0.1) is 11.3 Å². The van der Waals surface area contributed by atoms with Crippen molar-refractivity contribution in [2.75, 3.05) is 43.8 Å². The lowest BCUT2D eigenvalue weighted by molar-refractivity contribution is -0.122. The molecule has 0 N–H and O–H groups in total. The smallest absolute Gasteiger partial charge is 0.265 e. The molecule has 3 heterocycles. The van der Waals surface area contributed by atoms with E-state index in [0.29, 0.717) is 35.0 Å². The summed E-state index contributed by atoms with van der Waals surface area (Å²) in [6, 6.07) is 9.68. The summed E-state index contributed by atoms with van der Waals surface area (Å²) in [5.74, 6) is 0.292. The number of Topliss-reactive ketones (excluding diaryl/α,β-unsaturated/α-hetero) is 1. The highest BCUT2D eigenvalue weighted by Gasteiger charge is 2.34. The van der Waals surface area contributed by atoms with Crippen LogP contribution in [0.2, 0.25) is 0 Å². The van der Waals surface area contributed by atoms with E-state index in [9.17, 15) is 14.4 Å². The third kappa shape index (κ3) is 4.33. The van der Waals surface area contributed by atoms with Crippen LogP contribution < -0.4 is 19.3 Å². The van der Waals surface area contributed by atoms with Crippen molar-refractivity contribution >= 4 is 40.3 Å². The Morgan fingerprint density at radius 3 is 2.58 bits per heavy atom. The Labute approximate surface area is 212 Å². The van der Waals surface area contributed by atoms with E-state index >= 15 is 0 Å². The molecule has 10 heteroatoms. The maximum absolute atomic E-state index is 13.5. The van der Waals surface area contributed by atoms with E-state index in [4.69, 9.17) is 14.2 Å². The maximum atomic E-state index is 13.5. The van der Waals surface area contributed by atoms with Crippen molar-refractivity contribution in [2.24, 2.45) is 0 Å². The molecule has 2 aliphatic rings. The number of ether oxygens (including phenoxy) is 3. The molecule has 0 bridgehead atoms. The molecule has 0 aliphatic carbocycles. The number of hydrogen-bond donors (Lipinski definition) is 0. The second-order valence-corrected chi connectivity index (χ2v) is 9.51. The molecular formula is C26H25N3O6S. The number of fused-ring (bicyclic) bond motifs is 2. The SMILES string of the molecule is COCCc1nc(-c2ccc3c(c2)N(C(C)C(=O)c2ccc4c(c2)N(C)C(=O)CO4)C(=O)CO3)cs1. The second-order valence-electron chi connectivity index (χ2n) is 8.57. The number of carbonyl (C=O) groups excluding carboxylic acids is 3. The summed E-state index contributed by atoms with van der Waals surface area (Å²) in [4.78, 5) is 46.2. The summed E-state index contributed by atoms with van der Waals surface area (Å²) in [5, 5.41) is 2.92. The average Bonchev–Trinajstić information content (AvgIpc) is 3.37. The van der Waals surface area contributed by atoms with Gasteiger partial charge in [-0.05, 0) is 43.3 Å². The summed E-state index contributed by atoms with van der Waals surface area (Å²) >= 11 is 1.55. The highest BCUT2D eigenvalue weighted by Crippen LogP contribution is 2.38. The molecule has 2 aromatic carbocycles. The average molecular weight is 508 g/mol. The van der Waals surface area contributed by atoms with Gasteiger partial charge in [0.1, 0.15) is 11.5 Å². The van der Waals surface area contributed by atoms with Gasteiger partial charge in [0.15, 0.2) is 19.0 Å². The highest BCUT2D eigenvalue weighted by atomic mass is 32.1. The quantitative estimate of drug-likeness (QED) is 0.452. The van der Waals surface area contributed by atoms with E-state index in [0.717, 1.165) is 22.7 Å². The van der Waals surface area contributed by atoms with E-state index in [1.54, 1.807) is 56.7 Å². The molecule has 9 nitrogen and oxygen atoms in total. The summed E-state index contributed by atoms with van der Waals surface area (Å²) in [7, 11) is 3.30. The molecule has 186 valence electrons. The van der Waals surface area contributed by atoms with Crippen LogP contribution in [0.25, 0.3) is 11.3 Å². The molecule has 0 saturated heterocycles. The van der Waals surface area contributed by atoms with Crippen molar-refractivity contribution in [3.05, 3.63) is 52.3 Å². The Hall–Kier alpha value is -3.76. The molecule has 2 amide bonds. The lowest BCUT2D eigenvalue weighted by atomic mass is 10.0. The van der Waals surface area contributed by atoms with Crippen molar-refractivity contribution in [3.63, 3.8) is 0 Å². The van der Waals surface area contributed by atoms with Crippen LogP contribution in [0.5, 0.6) is 11.5 Å². The van der Waals surface area contributed by atoms with Gasteiger partial charge < -0.3 is 19.1 Å². The van der Waals surface area contributed by atoms with Crippen LogP contribution in [0.4, 0.5) is 11.4 Å². The van der Waals surface area contributed by atoms with Crippen molar-refractivity contribution in [3.8, 4) is 22.8 Å². The maximum Gasteiger partial charge on any atom is 0.265 e. The van der Waals surface area contributed by atoms with Crippen LogP contribution in [-0.2, 0) is 20.7 Å². The molecule has 5 rings (SSSR count). The fraction of sp³-hybridized carbons (Fsp3) is 0.308. The van der Waals surface area contributed by atoms with E-state index in [1.165, 1.54) is 9.80 Å². The lowest BCUT2D eigenvalue weighted by Crippen LogP contribution is -2.48. The minimum Gasteiger partial charge on any atom is -0.482 e. The van der Waals surface area contributed by atoms with Crippen molar-refractivity contribution < 1.29 is 28.6 Å². The standard InChI is InChI=1S/C26H25N3O6S/c1-15(26(32)17-5-7-21-19(11-17)28(2)24(30)12-34-21)29-20-10-16(4-6-22(20)35-13-25(29)31)18-14-36-23(27-18)8-9-33-3/h4-7,10-11,14-15H,8-9,12-13H2,1-3H3. The Morgan fingerprint density at radius 1 is 1.08 bits per heavy atom. The van der Waals surface area contributed by atoms with Gasteiger partial charge in [-0.3, -0.25) is 19.3 Å². The molecule has 0 fully saturated rings. The molecule has 2 aliphatic heterocycles. The number of ketones is 1. The van der Waals surface area contributed by atoms with Crippen molar-refractivity contribution in [1.29, 1.82) is 0 Å². The topological polar surface area (TPSA) is 98.3 Å². The van der Waals surface area contributed by atoms with Gasteiger partial charge in [0.2, 0.25) is 0 Å². The number of aromatic nitrogens is 1. The molecule has 1 aromatic heterocycles. The van der Waals surface area contributed by atoms with Crippen molar-refractivity contribution in [2.45, 2.75) is 19.4 Å². The Kier molecular flexibility index (Phi) is 6.46. The predicted molar refractivity (Wildman–Crippen MR) is 135 cm³/mol. The molecule has 1 unspecified atom stereocenters. The van der Waals surface area contributed by atoms with Gasteiger partial charge in [0.25, 0.3) is 11.8 Å². The van der Waals surface area contributed by atoms with Gasteiger partial charge in [-0.2, -0.15) is 0 Å². The molecule has 0 spiro atoms. The Bertz CT molecular complexity index is 1350. The third-order valence-electron chi connectivity index (χ3n) is 6.30. The number of anilines is 2. The van der Waals surface area contributed by atoms with Crippen molar-refractivity contribution in [1.82, 2.24) is 4.98 Å². The Balaban J connectivity index is 1.45. The van der Waals surface area contributed by atoms with Crippen LogP contribution in [0, 0.1) is 0 Å². The first-order valence-corrected chi connectivity index (χ1v) is 12.4. The van der Waals surface area contributed by atoms with E-state index in [1.807, 2.05) is 17.5 Å². The van der Waals surface area contributed by atoms with Gasteiger partial charge in [0, 0.05) is 37.1 Å². The second kappa shape index (κ2) is 9.71. The molecule has 0 radical (unpaired) electrons. The molecule has 36 heavy (non-hydrogen) atoms. The molecule has 3 aromatic rings. The fourth-order valence-electron chi connectivity index (χ4n) is 4.29. The number of methoxy groups -OCH3 is 1. The zero-order valence-electron chi connectivity index (χ0n) is 20.1. The first kappa shape index (κ1) is 24.0. The summed E-state index contributed by atoms with van der Waals surface area (Å²) < 4.78 is 16.3. The number of carbonyl (C=O) groups is 3. The number of hydrogen-bond acceptors (Lipinski definition) is 8. The number of rotatable bonds is 7. The first-order chi connectivity index (χ1) is 17.4. The summed E-state index contributed by atoms with van der Waals surface area (Å²) in [6.45, 7) is 2.09. The van der Waals surface area contributed by atoms with E-state index in [-0.39, 0.29) is 30.8 Å². The number of likely N-dealkylation sites (N-methyl/N-ethyl adjacent to an activating group) is 1. The molecular weight excluding hydrogens is 482 g/mol. The fourth-order valence-corrected chi connectivity index (χ4v) is 5.08. The number of amides is 2. The summed E-state index contributed by atoms with van der Waals surface area (Å²) in [6.07, 6.45) is 0.720. The third-order valence-corrected chi connectivity index (χ3v) is 7.21. The highest BCUT2D eigenvalue weighted by molar-refractivity contribution is 7.09. The van der Waals surface area contributed by atoms with Crippen LogP contribution in [0.1, 0.15) is 22.3 Å². The van der Waals surface area contributed by atoms with E-state index in [2.05, 4.69) is 4.98 Å². The summed E-state index contributed by atoms with van der Waals surface area (Å²) in [5.41, 5.74) is 3.03. The normalized spacial score (nSPS) is 15.6. The number of nitrogens with zero attached hydrogens (tertiary/aromatic N) is 3. The van der Waals surface area contributed by atoms with Crippen LogP contribution in [0.3, 0.4) is 0 Å². The largest absolute Gasteiger partial charge is 0.482 e. The Morgan fingerprint density at radius 2 is 1.81 bits per heavy atom. The number of thiazole rings is 1. The minimum atomic E-state index is -0.799. The predicted octanol–water partition coefficient (Wildman–Crippen LogP) is 3.35. The lowest BCUT2D eigenvalue weighted by Gasteiger charge is -2.34. The zero-order chi connectivity index (χ0) is 25.4. The van der Waals surface area contributed by atoms with Gasteiger partial charge >= 0.3 is 0 Å². The van der Waals surface area contributed by atoms with Gasteiger partial charge in [-0.25, -0.2) is 4.98 Å². The zero-order valence-corrected chi connectivity index (χ0v) is 21.0. The first-order valence-electron chi connectivity index (χ1n) is 11.5. The van der Waals surface area contributed by atoms with Crippen LogP contribution in [-0.4, -0.2) is 62.6 Å². The van der Waals surface area contributed by atoms with Gasteiger partial charge in [-0.1, -0.05) is 0 Å². The molecule has 0 saturated carbocycles. The number of benzene rings is 2. The monoisotopic (exact) mass is 507 g/mol.